The van der Waals surface area contributed by atoms with Crippen LogP contribution in [0.5, 0.6) is 0 Å². The molecule has 0 aliphatic carbocycles. The molecule has 0 aliphatic rings. The van der Waals surface area contributed by atoms with Crippen molar-refractivity contribution in [1.82, 2.24) is 5.32 Å². The molecule has 0 heterocycles. The van der Waals surface area contributed by atoms with Gasteiger partial charge in [0.2, 0.25) is 0 Å². The second-order valence-corrected chi connectivity index (χ2v) is 4.94. The van der Waals surface area contributed by atoms with Crippen LogP contribution in [-0.2, 0) is 12.8 Å². The molecule has 0 saturated carbocycles. The zero-order valence-corrected chi connectivity index (χ0v) is 11.7. The van der Waals surface area contributed by atoms with E-state index in [2.05, 4.69) is 58.4 Å². The highest BCUT2D eigenvalue weighted by Crippen LogP contribution is 2.06. The fraction of sp³-hybridized carbons (Fsp3) is 0.600. The summed E-state index contributed by atoms with van der Waals surface area (Å²) in [6.07, 6.45) is 3.52. The van der Waals surface area contributed by atoms with Crippen LogP contribution in [0, 0.1) is 0 Å². The van der Waals surface area contributed by atoms with E-state index in [9.17, 15) is 0 Å². The van der Waals surface area contributed by atoms with Crippen molar-refractivity contribution in [3.8, 4) is 0 Å². The molecular formula is C15H25BN. The first-order valence-electron chi connectivity index (χ1n) is 6.81. The summed E-state index contributed by atoms with van der Waals surface area (Å²) < 4.78 is 0. The molecule has 1 aromatic rings. The molecule has 1 aromatic carbocycles. The highest BCUT2D eigenvalue weighted by Gasteiger charge is 2.00. The van der Waals surface area contributed by atoms with Crippen LogP contribution < -0.4 is 10.8 Å². The molecule has 0 aliphatic heterocycles. The zero-order chi connectivity index (χ0) is 12.7. The van der Waals surface area contributed by atoms with Gasteiger partial charge in [-0.3, -0.25) is 0 Å². The van der Waals surface area contributed by atoms with E-state index in [1.807, 2.05) is 0 Å². The Morgan fingerprint density at radius 2 is 1.88 bits per heavy atom. The molecule has 0 amide bonds. The summed E-state index contributed by atoms with van der Waals surface area (Å²) in [6.45, 7) is 9.83. The molecule has 0 unspecified atom stereocenters. The summed E-state index contributed by atoms with van der Waals surface area (Å²) in [5.41, 5.74) is 4.28. The molecular weight excluding hydrogens is 205 g/mol. The molecule has 0 bridgehead atoms. The van der Waals surface area contributed by atoms with Gasteiger partial charge in [-0.15, -0.1) is 0 Å². The Morgan fingerprint density at radius 1 is 1.18 bits per heavy atom. The van der Waals surface area contributed by atoms with Gasteiger partial charge in [-0.25, -0.2) is 0 Å². The van der Waals surface area contributed by atoms with Crippen molar-refractivity contribution >= 4 is 12.7 Å². The maximum atomic E-state index is 3.47. The third-order valence-corrected chi connectivity index (χ3v) is 3.01. The topological polar surface area (TPSA) is 12.0 Å². The fourth-order valence-electron chi connectivity index (χ4n) is 1.99. The van der Waals surface area contributed by atoms with Crippen molar-refractivity contribution in [2.24, 2.45) is 0 Å². The molecule has 1 N–H and O–H groups in total. The predicted octanol–water partition coefficient (Wildman–Crippen LogP) is 2.56. The van der Waals surface area contributed by atoms with Crippen LogP contribution in [0.4, 0.5) is 0 Å². The highest BCUT2D eigenvalue weighted by atomic mass is 14.9. The number of hydrogen-bond acceptors (Lipinski definition) is 1. The Kier molecular flexibility index (Phi) is 6.35. The first kappa shape index (κ1) is 14.3. The number of hydrogen-bond donors (Lipinski definition) is 1. The lowest BCUT2D eigenvalue weighted by Gasteiger charge is -2.10. The maximum Gasteiger partial charge on any atom is 0.148 e. The van der Waals surface area contributed by atoms with E-state index in [1.54, 1.807) is 0 Å². The van der Waals surface area contributed by atoms with Crippen LogP contribution in [-0.4, -0.2) is 19.9 Å². The highest BCUT2D eigenvalue weighted by molar-refractivity contribution is 6.51. The Balaban J connectivity index is 2.51. The lowest BCUT2D eigenvalue weighted by Crippen LogP contribution is -2.24. The minimum absolute atomic E-state index is 0.594. The SMILES string of the molecule is C[B]c1cc(CC)cc(CCCNC(C)C)c1. The third-order valence-electron chi connectivity index (χ3n) is 3.01. The molecule has 2 heteroatoms. The number of benzene rings is 1. The molecule has 0 atom stereocenters. The fourth-order valence-corrected chi connectivity index (χ4v) is 1.99. The van der Waals surface area contributed by atoms with Crippen LogP contribution in [0.3, 0.4) is 0 Å². The predicted molar refractivity (Wildman–Crippen MR) is 78.5 cm³/mol. The smallest absolute Gasteiger partial charge is 0.148 e. The summed E-state index contributed by atoms with van der Waals surface area (Å²) >= 11 is 0. The summed E-state index contributed by atoms with van der Waals surface area (Å²) in [4.78, 5) is 0. The molecule has 1 nitrogen and oxygen atoms in total. The summed E-state index contributed by atoms with van der Waals surface area (Å²) in [7, 11) is 2.19. The molecule has 1 radical (unpaired) electrons. The Labute approximate surface area is 107 Å². The van der Waals surface area contributed by atoms with Crippen LogP contribution >= 0.6 is 0 Å². The zero-order valence-electron chi connectivity index (χ0n) is 11.7. The van der Waals surface area contributed by atoms with Gasteiger partial charge in [-0.05, 0) is 36.9 Å². The first-order chi connectivity index (χ1) is 8.15. The lowest BCUT2D eigenvalue weighted by atomic mass is 9.72. The van der Waals surface area contributed by atoms with Crippen molar-refractivity contribution < 1.29 is 0 Å². The standard InChI is InChI=1S/C15H25BN/c1-5-13-9-14(11-15(10-13)16-4)7-6-8-17-12(2)3/h9-12,17H,5-8H2,1-4H3. The summed E-state index contributed by atoms with van der Waals surface area (Å²) in [5, 5.41) is 3.47. The van der Waals surface area contributed by atoms with Gasteiger partial charge < -0.3 is 5.32 Å². The van der Waals surface area contributed by atoms with E-state index in [0.29, 0.717) is 6.04 Å². The van der Waals surface area contributed by atoms with E-state index in [4.69, 9.17) is 0 Å². The van der Waals surface area contributed by atoms with E-state index < -0.39 is 0 Å². The summed E-state index contributed by atoms with van der Waals surface area (Å²) in [5.74, 6) is 0. The van der Waals surface area contributed by atoms with E-state index in [0.717, 1.165) is 13.0 Å². The normalized spacial score (nSPS) is 10.9. The van der Waals surface area contributed by atoms with Crippen molar-refractivity contribution in [2.45, 2.75) is 52.9 Å². The molecule has 0 spiro atoms. The number of nitrogens with one attached hydrogen (secondary N) is 1. The average molecular weight is 230 g/mol. The Morgan fingerprint density at radius 3 is 2.47 bits per heavy atom. The van der Waals surface area contributed by atoms with Crippen LogP contribution in [0.1, 0.15) is 38.3 Å². The van der Waals surface area contributed by atoms with Crippen LogP contribution in [0.15, 0.2) is 18.2 Å². The first-order valence-corrected chi connectivity index (χ1v) is 6.81. The van der Waals surface area contributed by atoms with Gasteiger partial charge in [-0.1, -0.05) is 51.3 Å². The second kappa shape index (κ2) is 7.55. The molecule has 93 valence electrons. The van der Waals surface area contributed by atoms with Gasteiger partial charge in [0.15, 0.2) is 0 Å². The van der Waals surface area contributed by atoms with Crippen molar-refractivity contribution in [3.05, 3.63) is 29.3 Å². The van der Waals surface area contributed by atoms with Gasteiger partial charge in [0, 0.05) is 6.04 Å². The molecule has 0 aromatic heterocycles. The van der Waals surface area contributed by atoms with Gasteiger partial charge >= 0.3 is 0 Å². The molecule has 0 saturated heterocycles. The van der Waals surface area contributed by atoms with Crippen molar-refractivity contribution in [3.63, 3.8) is 0 Å². The second-order valence-electron chi connectivity index (χ2n) is 4.94. The summed E-state index contributed by atoms with van der Waals surface area (Å²) in [6, 6.07) is 7.55. The Hall–Kier alpha value is -0.755. The van der Waals surface area contributed by atoms with E-state index >= 15 is 0 Å². The van der Waals surface area contributed by atoms with Crippen molar-refractivity contribution in [2.75, 3.05) is 6.54 Å². The average Bonchev–Trinajstić information content (AvgIpc) is 2.34. The van der Waals surface area contributed by atoms with Gasteiger partial charge in [0.05, 0.1) is 0 Å². The Bertz CT molecular complexity index is 311. The number of rotatable bonds is 7. The van der Waals surface area contributed by atoms with Crippen LogP contribution in [0.25, 0.3) is 0 Å². The van der Waals surface area contributed by atoms with E-state index in [-0.39, 0.29) is 0 Å². The molecule has 1 rings (SSSR count). The van der Waals surface area contributed by atoms with Gasteiger partial charge in [0.1, 0.15) is 7.28 Å². The van der Waals surface area contributed by atoms with Gasteiger partial charge in [0.25, 0.3) is 0 Å². The third kappa shape index (κ3) is 5.40. The number of aryl methyl sites for hydroxylation is 2. The maximum absolute atomic E-state index is 3.47. The van der Waals surface area contributed by atoms with Crippen molar-refractivity contribution in [1.29, 1.82) is 0 Å². The quantitative estimate of drug-likeness (QED) is 0.560. The monoisotopic (exact) mass is 230 g/mol. The van der Waals surface area contributed by atoms with Crippen LogP contribution in [0.2, 0.25) is 6.82 Å². The van der Waals surface area contributed by atoms with Gasteiger partial charge in [-0.2, -0.15) is 0 Å². The minimum atomic E-state index is 0.594. The molecule has 17 heavy (non-hydrogen) atoms. The van der Waals surface area contributed by atoms with E-state index in [1.165, 1.54) is 29.4 Å². The lowest BCUT2D eigenvalue weighted by molar-refractivity contribution is 0.570. The molecule has 0 fully saturated rings. The minimum Gasteiger partial charge on any atom is -0.315 e. The largest absolute Gasteiger partial charge is 0.315 e.